The molecule has 164 valence electrons. The molecule has 1 fully saturated rings. The summed E-state index contributed by atoms with van der Waals surface area (Å²) in [5, 5.41) is 2.78. The van der Waals surface area contributed by atoms with E-state index in [2.05, 4.69) is 5.32 Å². The van der Waals surface area contributed by atoms with E-state index in [-0.39, 0.29) is 28.9 Å². The molecule has 0 atom stereocenters. The molecule has 0 saturated carbocycles. The van der Waals surface area contributed by atoms with Crippen LogP contribution in [0.3, 0.4) is 0 Å². The van der Waals surface area contributed by atoms with Crippen molar-refractivity contribution in [1.29, 1.82) is 0 Å². The number of hydrogen-bond donors (Lipinski definition) is 1. The molecule has 3 rings (SSSR count). The highest BCUT2D eigenvalue weighted by Crippen LogP contribution is 2.14. The van der Waals surface area contributed by atoms with Crippen molar-refractivity contribution < 1.29 is 23.2 Å². The van der Waals surface area contributed by atoms with Crippen molar-refractivity contribution in [2.24, 2.45) is 0 Å². The summed E-state index contributed by atoms with van der Waals surface area (Å²) in [6, 6.07) is 10.5. The summed E-state index contributed by atoms with van der Waals surface area (Å²) < 4.78 is 26.4. The summed E-state index contributed by atoms with van der Waals surface area (Å²) in [5.41, 5.74) is 1.89. The lowest BCUT2D eigenvalue weighted by molar-refractivity contribution is -0.129. The van der Waals surface area contributed by atoms with Crippen LogP contribution >= 0.6 is 11.8 Å². The molecular weight excluding hydrogens is 424 g/mol. The van der Waals surface area contributed by atoms with Crippen LogP contribution in [0.1, 0.15) is 15.9 Å². The van der Waals surface area contributed by atoms with Crippen LogP contribution in [-0.4, -0.2) is 65.2 Å². The number of carbonyl (C=O) groups is 3. The van der Waals surface area contributed by atoms with Crippen molar-refractivity contribution in [2.45, 2.75) is 6.92 Å². The number of nitrogens with one attached hydrogen (secondary N) is 1. The van der Waals surface area contributed by atoms with Gasteiger partial charge in [-0.15, -0.1) is 11.8 Å². The molecule has 31 heavy (non-hydrogen) atoms. The third-order valence-electron chi connectivity index (χ3n) is 4.88. The first-order chi connectivity index (χ1) is 14.8. The van der Waals surface area contributed by atoms with Gasteiger partial charge in [-0.05, 0) is 37.3 Å². The second-order valence-electron chi connectivity index (χ2n) is 7.21. The molecule has 1 aliphatic heterocycles. The van der Waals surface area contributed by atoms with Crippen molar-refractivity contribution in [3.8, 4) is 0 Å². The van der Waals surface area contributed by atoms with Crippen LogP contribution in [0, 0.1) is 18.6 Å². The summed E-state index contributed by atoms with van der Waals surface area (Å²) in [5.74, 6) is -2.42. The lowest BCUT2D eigenvalue weighted by Crippen LogP contribution is -2.51. The first-order valence-electron chi connectivity index (χ1n) is 9.80. The number of rotatable bonds is 6. The molecular formula is C22H23F2N3O3S. The SMILES string of the molecule is Cc1ccc(NC(=O)CSCC(=O)N2CCN(C(=O)c3ccc(F)c(F)c3)CC2)cc1. The van der Waals surface area contributed by atoms with Gasteiger partial charge in [0, 0.05) is 37.4 Å². The van der Waals surface area contributed by atoms with Gasteiger partial charge in [0.15, 0.2) is 11.6 Å². The van der Waals surface area contributed by atoms with Gasteiger partial charge in [0.05, 0.1) is 11.5 Å². The highest BCUT2D eigenvalue weighted by Gasteiger charge is 2.25. The van der Waals surface area contributed by atoms with Gasteiger partial charge in [0.2, 0.25) is 11.8 Å². The summed E-state index contributed by atoms with van der Waals surface area (Å²) in [6.45, 7) is 3.28. The third kappa shape index (κ3) is 6.27. The molecule has 3 amide bonds. The summed E-state index contributed by atoms with van der Waals surface area (Å²) in [6.07, 6.45) is 0. The minimum Gasteiger partial charge on any atom is -0.338 e. The smallest absolute Gasteiger partial charge is 0.254 e. The molecule has 1 heterocycles. The van der Waals surface area contributed by atoms with Crippen LogP contribution in [0.5, 0.6) is 0 Å². The van der Waals surface area contributed by atoms with E-state index in [1.807, 2.05) is 31.2 Å². The number of aryl methyl sites for hydroxylation is 1. The maximum Gasteiger partial charge on any atom is 0.254 e. The number of thioether (sulfide) groups is 1. The first-order valence-corrected chi connectivity index (χ1v) is 11.0. The van der Waals surface area contributed by atoms with Crippen LogP contribution in [0.15, 0.2) is 42.5 Å². The number of anilines is 1. The normalized spacial score (nSPS) is 13.8. The van der Waals surface area contributed by atoms with Crippen molar-refractivity contribution in [1.82, 2.24) is 9.80 Å². The van der Waals surface area contributed by atoms with Gasteiger partial charge in [-0.3, -0.25) is 14.4 Å². The zero-order chi connectivity index (χ0) is 22.4. The number of nitrogens with zero attached hydrogens (tertiary/aromatic N) is 2. The second kappa shape index (κ2) is 10.4. The second-order valence-corrected chi connectivity index (χ2v) is 8.19. The maximum atomic E-state index is 13.4. The van der Waals surface area contributed by atoms with E-state index in [4.69, 9.17) is 0 Å². The van der Waals surface area contributed by atoms with Gasteiger partial charge in [0.1, 0.15) is 0 Å². The minimum atomic E-state index is -1.07. The fourth-order valence-electron chi connectivity index (χ4n) is 3.13. The van der Waals surface area contributed by atoms with Crippen molar-refractivity contribution in [3.05, 3.63) is 65.2 Å². The van der Waals surface area contributed by atoms with Gasteiger partial charge in [-0.25, -0.2) is 8.78 Å². The van der Waals surface area contributed by atoms with E-state index in [0.717, 1.165) is 17.7 Å². The van der Waals surface area contributed by atoms with Gasteiger partial charge in [0.25, 0.3) is 5.91 Å². The molecule has 0 unspecified atom stereocenters. The van der Waals surface area contributed by atoms with Gasteiger partial charge < -0.3 is 15.1 Å². The Labute approximate surface area is 183 Å². The highest BCUT2D eigenvalue weighted by molar-refractivity contribution is 8.00. The highest BCUT2D eigenvalue weighted by atomic mass is 32.2. The van der Waals surface area contributed by atoms with E-state index in [9.17, 15) is 23.2 Å². The molecule has 1 saturated heterocycles. The number of benzene rings is 2. The molecule has 0 aromatic heterocycles. The molecule has 6 nitrogen and oxygen atoms in total. The van der Waals surface area contributed by atoms with Gasteiger partial charge >= 0.3 is 0 Å². The van der Waals surface area contributed by atoms with Crippen LogP contribution in [0.4, 0.5) is 14.5 Å². The van der Waals surface area contributed by atoms with Gasteiger partial charge in [-0.1, -0.05) is 17.7 Å². The van der Waals surface area contributed by atoms with E-state index in [0.29, 0.717) is 31.9 Å². The van der Waals surface area contributed by atoms with Crippen LogP contribution in [-0.2, 0) is 9.59 Å². The van der Waals surface area contributed by atoms with Crippen LogP contribution in [0.2, 0.25) is 0 Å². The third-order valence-corrected chi connectivity index (χ3v) is 5.80. The van der Waals surface area contributed by atoms with Crippen LogP contribution < -0.4 is 5.32 Å². The Morgan fingerprint density at radius 3 is 2.19 bits per heavy atom. The fraction of sp³-hybridized carbons (Fsp3) is 0.318. The zero-order valence-electron chi connectivity index (χ0n) is 17.1. The number of piperazine rings is 1. The Kier molecular flexibility index (Phi) is 7.62. The lowest BCUT2D eigenvalue weighted by atomic mass is 10.1. The lowest BCUT2D eigenvalue weighted by Gasteiger charge is -2.34. The summed E-state index contributed by atoms with van der Waals surface area (Å²) in [7, 11) is 0. The molecule has 2 aromatic carbocycles. The summed E-state index contributed by atoms with van der Waals surface area (Å²) >= 11 is 1.23. The Hall–Kier alpha value is -2.94. The minimum absolute atomic E-state index is 0.0776. The number of halogens is 2. The molecule has 1 aliphatic rings. The average Bonchev–Trinajstić information content (AvgIpc) is 2.77. The zero-order valence-corrected chi connectivity index (χ0v) is 17.9. The standard InChI is InChI=1S/C22H23F2N3O3S/c1-15-2-5-17(6-3-15)25-20(28)13-31-14-21(29)26-8-10-27(11-9-26)22(30)16-4-7-18(23)19(24)12-16/h2-7,12H,8-11,13-14H2,1H3,(H,25,28). The van der Waals surface area contributed by atoms with E-state index < -0.39 is 17.5 Å². The number of hydrogen-bond acceptors (Lipinski definition) is 4. The van der Waals surface area contributed by atoms with Crippen molar-refractivity contribution in [2.75, 3.05) is 43.0 Å². The Bertz CT molecular complexity index is 961. The fourth-order valence-corrected chi connectivity index (χ4v) is 3.84. The predicted molar refractivity (Wildman–Crippen MR) is 116 cm³/mol. The average molecular weight is 448 g/mol. The molecule has 0 radical (unpaired) electrons. The molecule has 0 spiro atoms. The quantitative estimate of drug-likeness (QED) is 0.739. The first kappa shape index (κ1) is 22.7. The predicted octanol–water partition coefficient (Wildman–Crippen LogP) is 2.93. The molecule has 2 aromatic rings. The Balaban J connectivity index is 1.39. The Morgan fingerprint density at radius 2 is 1.55 bits per heavy atom. The van der Waals surface area contributed by atoms with E-state index in [1.54, 1.807) is 4.90 Å². The largest absolute Gasteiger partial charge is 0.338 e. The van der Waals surface area contributed by atoms with Crippen LogP contribution in [0.25, 0.3) is 0 Å². The maximum absolute atomic E-state index is 13.4. The molecule has 1 N–H and O–H groups in total. The van der Waals surface area contributed by atoms with Crippen molar-refractivity contribution in [3.63, 3.8) is 0 Å². The molecule has 9 heteroatoms. The Morgan fingerprint density at radius 1 is 0.903 bits per heavy atom. The topological polar surface area (TPSA) is 69.7 Å². The van der Waals surface area contributed by atoms with Crippen molar-refractivity contribution >= 4 is 35.2 Å². The molecule has 0 bridgehead atoms. The molecule has 0 aliphatic carbocycles. The number of carbonyl (C=O) groups excluding carboxylic acids is 3. The van der Waals surface area contributed by atoms with E-state index in [1.165, 1.54) is 22.7 Å². The number of amides is 3. The van der Waals surface area contributed by atoms with E-state index >= 15 is 0 Å². The summed E-state index contributed by atoms with van der Waals surface area (Å²) in [4.78, 5) is 40.0. The van der Waals surface area contributed by atoms with Gasteiger partial charge in [-0.2, -0.15) is 0 Å². The monoisotopic (exact) mass is 447 g/mol.